The van der Waals surface area contributed by atoms with Crippen molar-refractivity contribution in [3.8, 4) is 0 Å². The summed E-state index contributed by atoms with van der Waals surface area (Å²) in [4.78, 5) is 39.3. The van der Waals surface area contributed by atoms with Gasteiger partial charge in [0.25, 0.3) is 5.91 Å². The lowest BCUT2D eigenvalue weighted by atomic mass is 10.1. The van der Waals surface area contributed by atoms with Crippen molar-refractivity contribution in [2.45, 2.75) is 12.5 Å². The highest BCUT2D eigenvalue weighted by molar-refractivity contribution is 6.04. The lowest BCUT2D eigenvalue weighted by Crippen LogP contribution is -2.43. The zero-order chi connectivity index (χ0) is 18.0. The minimum atomic E-state index is -1.04. The van der Waals surface area contributed by atoms with Crippen molar-refractivity contribution in [1.29, 1.82) is 0 Å². The maximum absolute atomic E-state index is 12.7. The van der Waals surface area contributed by atoms with Gasteiger partial charge in [-0.25, -0.2) is 4.79 Å². The van der Waals surface area contributed by atoms with Crippen LogP contribution in [0.15, 0.2) is 54.6 Å². The van der Waals surface area contributed by atoms with Crippen LogP contribution in [-0.4, -0.2) is 47.4 Å². The van der Waals surface area contributed by atoms with Crippen molar-refractivity contribution in [3.05, 3.63) is 65.7 Å². The Morgan fingerprint density at radius 3 is 2.24 bits per heavy atom. The second kappa shape index (κ2) is 6.76. The molecular weight excluding hydrogens is 320 g/mol. The normalized spacial score (nSPS) is 16.8. The molecule has 0 aliphatic carbocycles. The van der Waals surface area contributed by atoms with Crippen LogP contribution in [0, 0.1) is 0 Å². The first-order valence-corrected chi connectivity index (χ1v) is 7.96. The standard InChI is InChI=1S/C19H18N2O4/c1-20(17(22)13-7-9-14(10-8-13)19(24)25)16-11-12-21(18(16)23)15-5-3-2-4-6-15/h2-10,16H,11-12H2,1H3,(H,24,25)/t16-/m1/s1. The molecule has 1 atom stereocenters. The van der Waals surface area contributed by atoms with Gasteiger partial charge in [0.1, 0.15) is 6.04 Å². The smallest absolute Gasteiger partial charge is 0.335 e. The molecule has 6 heteroatoms. The molecule has 6 nitrogen and oxygen atoms in total. The Labute approximate surface area is 145 Å². The maximum atomic E-state index is 12.7. The number of hydrogen-bond acceptors (Lipinski definition) is 3. The Bertz CT molecular complexity index is 802. The first-order valence-electron chi connectivity index (χ1n) is 7.96. The molecule has 1 N–H and O–H groups in total. The number of para-hydroxylation sites is 1. The van der Waals surface area contributed by atoms with Gasteiger partial charge in [0.05, 0.1) is 5.56 Å². The van der Waals surface area contributed by atoms with Gasteiger partial charge in [0.2, 0.25) is 5.91 Å². The Kier molecular flexibility index (Phi) is 4.52. The van der Waals surface area contributed by atoms with E-state index < -0.39 is 12.0 Å². The SMILES string of the molecule is CN(C(=O)c1ccc(C(=O)O)cc1)[C@@H]1CCN(c2ccccc2)C1=O. The summed E-state index contributed by atoms with van der Waals surface area (Å²) in [5, 5.41) is 8.92. The number of aromatic carboxylic acids is 1. The molecule has 1 saturated heterocycles. The topological polar surface area (TPSA) is 77.9 Å². The number of likely N-dealkylation sites (N-methyl/N-ethyl adjacent to an activating group) is 1. The molecular formula is C19H18N2O4. The fourth-order valence-electron chi connectivity index (χ4n) is 2.99. The van der Waals surface area contributed by atoms with E-state index in [4.69, 9.17) is 5.11 Å². The van der Waals surface area contributed by atoms with Crippen molar-refractivity contribution in [2.75, 3.05) is 18.5 Å². The van der Waals surface area contributed by atoms with Crippen molar-refractivity contribution < 1.29 is 19.5 Å². The van der Waals surface area contributed by atoms with Crippen LogP contribution in [-0.2, 0) is 4.79 Å². The summed E-state index contributed by atoms with van der Waals surface area (Å²) in [6.45, 7) is 0.559. The molecule has 1 heterocycles. The van der Waals surface area contributed by atoms with Gasteiger partial charge in [-0.15, -0.1) is 0 Å². The van der Waals surface area contributed by atoms with Crippen LogP contribution >= 0.6 is 0 Å². The molecule has 2 aromatic carbocycles. The number of benzene rings is 2. The lowest BCUT2D eigenvalue weighted by Gasteiger charge is -2.24. The average Bonchev–Trinajstić information content (AvgIpc) is 3.02. The molecule has 0 saturated carbocycles. The van der Waals surface area contributed by atoms with Gasteiger partial charge in [0, 0.05) is 24.8 Å². The number of hydrogen-bond donors (Lipinski definition) is 1. The molecule has 128 valence electrons. The third-order valence-corrected chi connectivity index (χ3v) is 4.41. The molecule has 1 aliphatic heterocycles. The van der Waals surface area contributed by atoms with Gasteiger partial charge in [-0.3, -0.25) is 9.59 Å². The summed E-state index contributed by atoms with van der Waals surface area (Å²) in [5.41, 5.74) is 1.30. The average molecular weight is 338 g/mol. The van der Waals surface area contributed by atoms with E-state index in [1.807, 2.05) is 30.3 Å². The van der Waals surface area contributed by atoms with Crippen LogP contribution < -0.4 is 4.90 Å². The van der Waals surface area contributed by atoms with Crippen LogP contribution in [0.4, 0.5) is 5.69 Å². The Hall–Kier alpha value is -3.15. The zero-order valence-electron chi connectivity index (χ0n) is 13.8. The van der Waals surface area contributed by atoms with Crippen molar-refractivity contribution in [3.63, 3.8) is 0 Å². The molecule has 1 aliphatic rings. The third kappa shape index (κ3) is 3.24. The van der Waals surface area contributed by atoms with E-state index in [-0.39, 0.29) is 17.4 Å². The Balaban J connectivity index is 1.74. The zero-order valence-corrected chi connectivity index (χ0v) is 13.8. The second-order valence-corrected chi connectivity index (χ2v) is 5.93. The molecule has 3 rings (SSSR count). The number of carbonyl (C=O) groups is 3. The molecule has 1 fully saturated rings. The third-order valence-electron chi connectivity index (χ3n) is 4.41. The first-order chi connectivity index (χ1) is 12.0. The summed E-state index contributed by atoms with van der Waals surface area (Å²) in [5.74, 6) is -1.45. The van der Waals surface area contributed by atoms with Gasteiger partial charge < -0.3 is 14.9 Å². The molecule has 0 spiro atoms. The van der Waals surface area contributed by atoms with E-state index in [1.54, 1.807) is 11.9 Å². The Morgan fingerprint density at radius 1 is 1.04 bits per heavy atom. The number of carbonyl (C=O) groups excluding carboxylic acids is 2. The fraction of sp³-hybridized carbons (Fsp3) is 0.211. The highest BCUT2D eigenvalue weighted by Gasteiger charge is 2.37. The predicted molar refractivity (Wildman–Crippen MR) is 92.7 cm³/mol. The van der Waals surface area contributed by atoms with E-state index in [9.17, 15) is 14.4 Å². The van der Waals surface area contributed by atoms with Crippen LogP contribution in [0.3, 0.4) is 0 Å². The highest BCUT2D eigenvalue weighted by Crippen LogP contribution is 2.24. The van der Waals surface area contributed by atoms with Crippen LogP contribution in [0.2, 0.25) is 0 Å². The van der Waals surface area contributed by atoms with Crippen LogP contribution in [0.25, 0.3) is 0 Å². The first kappa shape index (κ1) is 16.7. The van der Waals surface area contributed by atoms with Gasteiger partial charge >= 0.3 is 5.97 Å². The van der Waals surface area contributed by atoms with Crippen molar-refractivity contribution >= 4 is 23.5 Å². The largest absolute Gasteiger partial charge is 0.478 e. The minimum Gasteiger partial charge on any atom is -0.478 e. The molecule has 0 radical (unpaired) electrons. The number of nitrogens with zero attached hydrogens (tertiary/aromatic N) is 2. The van der Waals surface area contributed by atoms with Gasteiger partial charge in [-0.05, 0) is 42.8 Å². The summed E-state index contributed by atoms with van der Waals surface area (Å²) in [7, 11) is 1.60. The van der Waals surface area contributed by atoms with Gasteiger partial charge in [0.15, 0.2) is 0 Å². The molecule has 2 amide bonds. The Morgan fingerprint density at radius 2 is 1.64 bits per heavy atom. The maximum Gasteiger partial charge on any atom is 0.335 e. The molecule has 25 heavy (non-hydrogen) atoms. The molecule has 0 unspecified atom stereocenters. The summed E-state index contributed by atoms with van der Waals surface area (Å²) in [6, 6.07) is 14.5. The molecule has 0 aromatic heterocycles. The summed E-state index contributed by atoms with van der Waals surface area (Å²) >= 11 is 0. The number of anilines is 1. The summed E-state index contributed by atoms with van der Waals surface area (Å²) in [6.07, 6.45) is 0.559. The van der Waals surface area contributed by atoms with Crippen LogP contribution in [0.1, 0.15) is 27.1 Å². The fourth-order valence-corrected chi connectivity index (χ4v) is 2.99. The van der Waals surface area contributed by atoms with Gasteiger partial charge in [-0.2, -0.15) is 0 Å². The van der Waals surface area contributed by atoms with E-state index in [0.29, 0.717) is 18.5 Å². The van der Waals surface area contributed by atoms with Crippen LogP contribution in [0.5, 0.6) is 0 Å². The lowest BCUT2D eigenvalue weighted by molar-refractivity contribution is -0.120. The molecule has 0 bridgehead atoms. The van der Waals surface area contributed by atoms with E-state index >= 15 is 0 Å². The second-order valence-electron chi connectivity index (χ2n) is 5.93. The summed E-state index contributed by atoms with van der Waals surface area (Å²) < 4.78 is 0. The van der Waals surface area contributed by atoms with E-state index in [1.165, 1.54) is 29.2 Å². The molecule has 2 aromatic rings. The number of carboxylic acids is 1. The van der Waals surface area contributed by atoms with E-state index in [2.05, 4.69) is 0 Å². The number of amides is 2. The van der Waals surface area contributed by atoms with Crippen molar-refractivity contribution in [1.82, 2.24) is 4.90 Å². The predicted octanol–water partition coefficient (Wildman–Crippen LogP) is 2.26. The van der Waals surface area contributed by atoms with E-state index in [0.717, 1.165) is 5.69 Å². The highest BCUT2D eigenvalue weighted by atomic mass is 16.4. The number of carboxylic acid groups (broad SMARTS) is 1. The minimum absolute atomic E-state index is 0.107. The van der Waals surface area contributed by atoms with Gasteiger partial charge in [-0.1, -0.05) is 18.2 Å². The van der Waals surface area contributed by atoms with Crippen molar-refractivity contribution in [2.24, 2.45) is 0 Å². The monoisotopic (exact) mass is 338 g/mol. The number of rotatable bonds is 4. The quantitative estimate of drug-likeness (QED) is 0.927.